The molecule has 0 spiro atoms. The Labute approximate surface area is 168 Å². The van der Waals surface area contributed by atoms with E-state index in [2.05, 4.69) is 10.1 Å². The van der Waals surface area contributed by atoms with E-state index in [1.165, 1.54) is 0 Å². The van der Waals surface area contributed by atoms with E-state index in [0.717, 1.165) is 22.0 Å². The van der Waals surface area contributed by atoms with Gasteiger partial charge in [-0.1, -0.05) is 53.7 Å². The molecule has 6 heteroatoms. The molecule has 0 N–H and O–H groups in total. The maximum absolute atomic E-state index is 12.9. The van der Waals surface area contributed by atoms with Crippen molar-refractivity contribution in [3.63, 3.8) is 0 Å². The fourth-order valence-electron chi connectivity index (χ4n) is 3.28. The van der Waals surface area contributed by atoms with E-state index in [0.29, 0.717) is 22.7 Å². The molecule has 0 bridgehead atoms. The number of hydrogen-bond acceptors (Lipinski definition) is 6. The molecule has 2 aromatic carbocycles. The van der Waals surface area contributed by atoms with Crippen LogP contribution in [0.3, 0.4) is 0 Å². The lowest BCUT2D eigenvalue weighted by Gasteiger charge is -2.13. The lowest BCUT2D eigenvalue weighted by atomic mass is 10.0. The Bertz CT molecular complexity index is 1150. The highest BCUT2D eigenvalue weighted by Crippen LogP contribution is 2.25. The van der Waals surface area contributed by atoms with Gasteiger partial charge in [0.05, 0.1) is 23.4 Å². The van der Waals surface area contributed by atoms with E-state index in [1.807, 2.05) is 61.5 Å². The van der Waals surface area contributed by atoms with Crippen molar-refractivity contribution in [1.29, 1.82) is 0 Å². The molecule has 0 saturated heterocycles. The molecule has 0 amide bonds. The van der Waals surface area contributed by atoms with Crippen molar-refractivity contribution in [3.8, 4) is 11.3 Å². The van der Waals surface area contributed by atoms with Gasteiger partial charge in [-0.25, -0.2) is 9.78 Å². The number of carbonyl (C=O) groups excluding carboxylic acids is 1. The summed E-state index contributed by atoms with van der Waals surface area (Å²) in [6, 6.07) is 19.1. The third-order valence-electron chi connectivity index (χ3n) is 4.68. The average molecular weight is 388 g/mol. The Balaban J connectivity index is 1.57. The summed E-state index contributed by atoms with van der Waals surface area (Å²) in [6.07, 6.45) is 0. The van der Waals surface area contributed by atoms with Gasteiger partial charge < -0.3 is 14.0 Å². The number of methoxy groups -OCH3 is 1. The zero-order valence-corrected chi connectivity index (χ0v) is 16.2. The summed E-state index contributed by atoms with van der Waals surface area (Å²) in [5, 5.41) is 4.91. The number of para-hydroxylation sites is 1. The number of aromatic nitrogens is 2. The normalized spacial score (nSPS) is 11.0. The van der Waals surface area contributed by atoms with Gasteiger partial charge in [0.15, 0.2) is 5.76 Å². The molecule has 0 aliphatic rings. The van der Waals surface area contributed by atoms with Crippen LogP contribution in [0.2, 0.25) is 0 Å². The van der Waals surface area contributed by atoms with Gasteiger partial charge in [-0.15, -0.1) is 0 Å². The Morgan fingerprint density at radius 1 is 1.03 bits per heavy atom. The molecule has 29 heavy (non-hydrogen) atoms. The molecular formula is C23H20N2O4. The minimum absolute atomic E-state index is 0.00779. The second-order valence-corrected chi connectivity index (χ2v) is 6.63. The first kappa shape index (κ1) is 18.8. The number of ether oxygens (including phenoxy) is 2. The van der Waals surface area contributed by atoms with E-state index in [9.17, 15) is 4.79 Å². The average Bonchev–Trinajstić information content (AvgIpc) is 3.22. The van der Waals surface area contributed by atoms with Crippen molar-refractivity contribution in [1.82, 2.24) is 10.1 Å². The number of carbonyl (C=O) groups is 1. The van der Waals surface area contributed by atoms with Gasteiger partial charge in [-0.3, -0.25) is 0 Å². The maximum atomic E-state index is 12.9. The summed E-state index contributed by atoms with van der Waals surface area (Å²) in [7, 11) is 1.57. The Morgan fingerprint density at radius 3 is 2.59 bits per heavy atom. The zero-order chi connectivity index (χ0) is 20.2. The molecule has 146 valence electrons. The van der Waals surface area contributed by atoms with Crippen LogP contribution in [0.1, 0.15) is 27.3 Å². The van der Waals surface area contributed by atoms with Crippen LogP contribution in [0.5, 0.6) is 0 Å². The van der Waals surface area contributed by atoms with Crippen molar-refractivity contribution in [2.45, 2.75) is 20.1 Å². The number of fused-ring (bicyclic) bond motifs is 1. The quantitative estimate of drug-likeness (QED) is 0.446. The van der Waals surface area contributed by atoms with Gasteiger partial charge in [-0.2, -0.15) is 0 Å². The number of nitrogens with zero attached hydrogens (tertiary/aromatic N) is 2. The number of hydrogen-bond donors (Lipinski definition) is 0. The van der Waals surface area contributed by atoms with Crippen LogP contribution < -0.4 is 0 Å². The number of aryl methyl sites for hydroxylation is 1. The molecule has 2 heterocycles. The van der Waals surface area contributed by atoms with Crippen LogP contribution in [-0.2, 0) is 22.7 Å². The Morgan fingerprint density at radius 2 is 1.79 bits per heavy atom. The molecule has 0 radical (unpaired) electrons. The van der Waals surface area contributed by atoms with Crippen molar-refractivity contribution in [2.24, 2.45) is 0 Å². The van der Waals surface area contributed by atoms with Crippen LogP contribution in [0.25, 0.3) is 22.2 Å². The smallest absolute Gasteiger partial charge is 0.340 e. The second kappa shape index (κ2) is 8.24. The molecule has 0 atom stereocenters. The summed E-state index contributed by atoms with van der Waals surface area (Å²) in [5.41, 5.74) is 4.07. The summed E-state index contributed by atoms with van der Waals surface area (Å²) in [6.45, 7) is 2.12. The molecule has 0 saturated carbocycles. The molecule has 4 rings (SSSR count). The predicted octanol–water partition coefficient (Wildman–Crippen LogP) is 4.70. The third-order valence-corrected chi connectivity index (χ3v) is 4.68. The molecule has 0 fully saturated rings. The Hall–Kier alpha value is -3.51. The summed E-state index contributed by atoms with van der Waals surface area (Å²) in [5.74, 6) is 0.164. The zero-order valence-electron chi connectivity index (χ0n) is 16.2. The van der Waals surface area contributed by atoms with E-state index < -0.39 is 5.97 Å². The minimum atomic E-state index is -0.461. The largest absolute Gasteiger partial charge is 0.455 e. The number of pyridine rings is 1. The third kappa shape index (κ3) is 3.88. The number of rotatable bonds is 6. The van der Waals surface area contributed by atoms with Gasteiger partial charge in [0, 0.05) is 24.1 Å². The van der Waals surface area contributed by atoms with Gasteiger partial charge in [0.2, 0.25) is 0 Å². The van der Waals surface area contributed by atoms with Crippen LogP contribution in [0, 0.1) is 6.92 Å². The first-order valence-corrected chi connectivity index (χ1v) is 9.22. The Kier molecular flexibility index (Phi) is 5.35. The van der Waals surface area contributed by atoms with Crippen LogP contribution in [-0.4, -0.2) is 23.2 Å². The summed E-state index contributed by atoms with van der Waals surface area (Å²) < 4.78 is 16.1. The lowest BCUT2D eigenvalue weighted by Crippen LogP contribution is -2.13. The first-order chi connectivity index (χ1) is 14.2. The summed E-state index contributed by atoms with van der Waals surface area (Å²) in [4.78, 5) is 17.5. The second-order valence-electron chi connectivity index (χ2n) is 6.63. The monoisotopic (exact) mass is 388 g/mol. The molecular weight excluding hydrogens is 368 g/mol. The minimum Gasteiger partial charge on any atom is -0.455 e. The van der Waals surface area contributed by atoms with Crippen molar-refractivity contribution >= 4 is 16.9 Å². The molecule has 0 aliphatic heterocycles. The molecule has 6 nitrogen and oxygen atoms in total. The summed E-state index contributed by atoms with van der Waals surface area (Å²) >= 11 is 0. The predicted molar refractivity (Wildman–Crippen MR) is 108 cm³/mol. The molecule has 2 aromatic heterocycles. The fraction of sp³-hybridized carbons (Fsp3) is 0.174. The van der Waals surface area contributed by atoms with E-state index in [4.69, 9.17) is 14.0 Å². The lowest BCUT2D eigenvalue weighted by molar-refractivity contribution is 0.0458. The van der Waals surface area contributed by atoms with Crippen molar-refractivity contribution < 1.29 is 18.8 Å². The highest BCUT2D eigenvalue weighted by molar-refractivity contribution is 5.98. The highest BCUT2D eigenvalue weighted by Gasteiger charge is 2.20. The maximum Gasteiger partial charge on any atom is 0.340 e. The SMILES string of the molecule is COCc1nc2ccccc2c(C)c1C(=O)OCc1cc(-c2ccccc2)on1. The van der Waals surface area contributed by atoms with Gasteiger partial charge in [0.1, 0.15) is 12.3 Å². The fourth-order valence-corrected chi connectivity index (χ4v) is 3.28. The topological polar surface area (TPSA) is 74.5 Å². The van der Waals surface area contributed by atoms with Gasteiger partial charge >= 0.3 is 5.97 Å². The van der Waals surface area contributed by atoms with Gasteiger partial charge in [-0.05, 0) is 18.6 Å². The van der Waals surface area contributed by atoms with Crippen molar-refractivity contribution in [2.75, 3.05) is 7.11 Å². The number of benzene rings is 2. The highest BCUT2D eigenvalue weighted by atomic mass is 16.5. The van der Waals surface area contributed by atoms with E-state index in [1.54, 1.807) is 13.2 Å². The number of esters is 1. The van der Waals surface area contributed by atoms with Crippen LogP contribution in [0.4, 0.5) is 0 Å². The van der Waals surface area contributed by atoms with E-state index in [-0.39, 0.29) is 13.2 Å². The molecule has 0 aliphatic carbocycles. The van der Waals surface area contributed by atoms with Crippen molar-refractivity contribution in [3.05, 3.63) is 83.2 Å². The van der Waals surface area contributed by atoms with Crippen LogP contribution in [0.15, 0.2) is 65.2 Å². The standard InChI is InChI=1S/C23H20N2O4/c1-15-18-10-6-7-11-19(18)24-20(14-27-2)22(15)23(26)28-13-17-12-21(29-25-17)16-8-4-3-5-9-16/h3-12H,13-14H2,1-2H3. The van der Waals surface area contributed by atoms with Crippen LogP contribution >= 0.6 is 0 Å². The molecule has 0 unspecified atom stereocenters. The van der Waals surface area contributed by atoms with Gasteiger partial charge in [0.25, 0.3) is 0 Å². The van der Waals surface area contributed by atoms with E-state index >= 15 is 0 Å². The first-order valence-electron chi connectivity index (χ1n) is 9.22. The molecule has 4 aromatic rings.